The van der Waals surface area contributed by atoms with Crippen molar-refractivity contribution in [1.82, 2.24) is 5.32 Å². The maximum absolute atomic E-state index is 11.2. The summed E-state index contributed by atoms with van der Waals surface area (Å²) in [6, 6.07) is 5.45. The lowest BCUT2D eigenvalue weighted by Gasteiger charge is -2.23. The first-order valence-corrected chi connectivity index (χ1v) is 5.61. The first-order chi connectivity index (χ1) is 7.66. The van der Waals surface area contributed by atoms with Crippen molar-refractivity contribution in [1.29, 1.82) is 0 Å². The van der Waals surface area contributed by atoms with E-state index in [9.17, 15) is 4.79 Å². The lowest BCUT2D eigenvalue weighted by Crippen LogP contribution is -2.28. The van der Waals surface area contributed by atoms with Crippen LogP contribution in [-0.4, -0.2) is 25.5 Å². The maximum Gasteiger partial charge on any atom is 0.221 e. The number of nitrogen functional groups attached to an aromatic ring is 1. The highest BCUT2D eigenvalue weighted by Crippen LogP contribution is 2.28. The molecule has 1 aliphatic heterocycles. The number of nitrogens with one attached hydrogen (secondary N) is 1. The molecule has 86 valence electrons. The summed E-state index contributed by atoms with van der Waals surface area (Å²) in [6.07, 6.45) is 0.501. The van der Waals surface area contributed by atoms with Crippen LogP contribution in [-0.2, 0) is 4.79 Å². The lowest BCUT2D eigenvalue weighted by molar-refractivity contribution is -0.120. The molecule has 4 nitrogen and oxygen atoms in total. The average molecular weight is 240 g/mol. The van der Waals surface area contributed by atoms with Crippen LogP contribution in [0.3, 0.4) is 0 Å². The van der Waals surface area contributed by atoms with Crippen LogP contribution in [0.15, 0.2) is 18.2 Å². The zero-order valence-corrected chi connectivity index (χ0v) is 9.63. The first-order valence-electron chi connectivity index (χ1n) is 5.23. The number of benzene rings is 1. The van der Waals surface area contributed by atoms with Crippen molar-refractivity contribution in [3.63, 3.8) is 0 Å². The summed E-state index contributed by atoms with van der Waals surface area (Å²) in [7, 11) is 0. The second-order valence-corrected chi connectivity index (χ2v) is 4.21. The molecule has 1 amide bonds. The van der Waals surface area contributed by atoms with Crippen molar-refractivity contribution in [2.24, 2.45) is 0 Å². The Kier molecular flexibility index (Phi) is 3.19. The molecule has 1 aromatic carbocycles. The van der Waals surface area contributed by atoms with Crippen LogP contribution in [0.4, 0.5) is 11.4 Å². The number of hydrogen-bond donors (Lipinski definition) is 2. The minimum Gasteiger partial charge on any atom is -0.399 e. The monoisotopic (exact) mass is 239 g/mol. The van der Waals surface area contributed by atoms with E-state index in [4.69, 9.17) is 17.3 Å². The Labute approximate surface area is 99.4 Å². The normalized spacial score (nSPS) is 16.8. The Morgan fingerprint density at radius 1 is 1.38 bits per heavy atom. The minimum atomic E-state index is 0.0917. The van der Waals surface area contributed by atoms with Gasteiger partial charge in [0.15, 0.2) is 0 Å². The Hall–Kier alpha value is -1.42. The Morgan fingerprint density at radius 2 is 2.19 bits per heavy atom. The van der Waals surface area contributed by atoms with Crippen LogP contribution in [0, 0.1) is 0 Å². The smallest absolute Gasteiger partial charge is 0.221 e. The van der Waals surface area contributed by atoms with Gasteiger partial charge in [-0.2, -0.15) is 0 Å². The van der Waals surface area contributed by atoms with E-state index in [2.05, 4.69) is 10.2 Å². The van der Waals surface area contributed by atoms with Gasteiger partial charge in [0, 0.05) is 31.7 Å². The molecule has 0 atom stereocenters. The van der Waals surface area contributed by atoms with Crippen LogP contribution in [0.2, 0.25) is 5.02 Å². The van der Waals surface area contributed by atoms with Crippen molar-refractivity contribution in [2.45, 2.75) is 6.42 Å². The Bertz CT molecular complexity index is 408. The van der Waals surface area contributed by atoms with Gasteiger partial charge in [-0.1, -0.05) is 11.6 Å². The molecule has 5 heteroatoms. The summed E-state index contributed by atoms with van der Waals surface area (Å²) < 4.78 is 0. The molecule has 1 saturated heterocycles. The van der Waals surface area contributed by atoms with E-state index in [1.54, 1.807) is 6.07 Å². The molecule has 0 saturated carbocycles. The van der Waals surface area contributed by atoms with E-state index >= 15 is 0 Å². The zero-order chi connectivity index (χ0) is 11.5. The first kappa shape index (κ1) is 11.1. The number of hydrogen-bond acceptors (Lipinski definition) is 3. The van der Waals surface area contributed by atoms with Gasteiger partial charge in [-0.15, -0.1) is 0 Å². The predicted molar refractivity (Wildman–Crippen MR) is 65.7 cm³/mol. The number of halogens is 1. The summed E-state index contributed by atoms with van der Waals surface area (Å²) >= 11 is 6.13. The van der Waals surface area contributed by atoms with Gasteiger partial charge in [0.2, 0.25) is 5.91 Å². The quantitative estimate of drug-likeness (QED) is 0.726. The largest absolute Gasteiger partial charge is 0.399 e. The van der Waals surface area contributed by atoms with E-state index in [1.807, 2.05) is 12.1 Å². The van der Waals surface area contributed by atoms with Crippen LogP contribution in [0.5, 0.6) is 0 Å². The highest BCUT2D eigenvalue weighted by atomic mass is 35.5. The van der Waals surface area contributed by atoms with Crippen LogP contribution >= 0.6 is 11.6 Å². The second kappa shape index (κ2) is 4.61. The van der Waals surface area contributed by atoms with Gasteiger partial charge in [-0.05, 0) is 18.2 Å². The number of nitrogens with two attached hydrogens (primary N) is 1. The fourth-order valence-electron chi connectivity index (χ4n) is 1.79. The highest BCUT2D eigenvalue weighted by Gasteiger charge is 2.15. The average Bonchev–Trinajstić information content (AvgIpc) is 2.43. The van der Waals surface area contributed by atoms with Gasteiger partial charge in [0.25, 0.3) is 0 Å². The van der Waals surface area contributed by atoms with E-state index in [0.717, 1.165) is 12.2 Å². The lowest BCUT2D eigenvalue weighted by atomic mass is 10.2. The van der Waals surface area contributed by atoms with Gasteiger partial charge in [-0.3, -0.25) is 4.79 Å². The van der Waals surface area contributed by atoms with Crippen molar-refractivity contribution in [2.75, 3.05) is 30.3 Å². The molecular formula is C11H14ClN3O. The molecule has 1 aliphatic rings. The molecule has 0 unspecified atom stereocenters. The highest BCUT2D eigenvalue weighted by molar-refractivity contribution is 6.33. The fraction of sp³-hybridized carbons (Fsp3) is 0.364. The topological polar surface area (TPSA) is 58.4 Å². The number of amides is 1. The van der Waals surface area contributed by atoms with Gasteiger partial charge in [0.1, 0.15) is 0 Å². The molecule has 0 spiro atoms. The van der Waals surface area contributed by atoms with E-state index < -0.39 is 0 Å². The molecule has 3 N–H and O–H groups in total. The number of nitrogens with zero attached hydrogens (tertiary/aromatic N) is 1. The Balaban J connectivity index is 2.19. The molecular weight excluding hydrogens is 226 g/mol. The molecule has 1 aromatic rings. The molecule has 2 rings (SSSR count). The standard InChI is InChI=1S/C11H14ClN3O/c12-9-7-8(13)1-2-10(9)15-5-3-11(16)14-4-6-15/h1-2,7H,3-6,13H2,(H,14,16). The summed E-state index contributed by atoms with van der Waals surface area (Å²) in [5, 5.41) is 3.46. The van der Waals surface area contributed by atoms with E-state index in [-0.39, 0.29) is 5.91 Å². The van der Waals surface area contributed by atoms with Gasteiger partial charge >= 0.3 is 0 Å². The van der Waals surface area contributed by atoms with Gasteiger partial charge in [-0.25, -0.2) is 0 Å². The van der Waals surface area contributed by atoms with Crippen LogP contribution < -0.4 is 16.0 Å². The number of rotatable bonds is 1. The molecule has 1 heterocycles. The molecule has 0 aliphatic carbocycles. The van der Waals surface area contributed by atoms with Crippen molar-refractivity contribution in [3.05, 3.63) is 23.2 Å². The molecule has 0 radical (unpaired) electrons. The van der Waals surface area contributed by atoms with Crippen molar-refractivity contribution in [3.8, 4) is 0 Å². The van der Waals surface area contributed by atoms with Gasteiger partial charge in [0.05, 0.1) is 10.7 Å². The molecule has 16 heavy (non-hydrogen) atoms. The van der Waals surface area contributed by atoms with E-state index in [1.165, 1.54) is 0 Å². The third-order valence-electron chi connectivity index (χ3n) is 2.63. The summed E-state index contributed by atoms with van der Waals surface area (Å²) in [4.78, 5) is 13.3. The Morgan fingerprint density at radius 3 is 2.94 bits per heavy atom. The second-order valence-electron chi connectivity index (χ2n) is 3.80. The van der Waals surface area contributed by atoms with Crippen LogP contribution in [0.1, 0.15) is 6.42 Å². The SMILES string of the molecule is Nc1ccc(N2CCNC(=O)CC2)c(Cl)c1. The summed E-state index contributed by atoms with van der Waals surface area (Å²) in [5.74, 6) is 0.0917. The van der Waals surface area contributed by atoms with Crippen molar-refractivity contribution < 1.29 is 4.79 Å². The molecule has 0 bridgehead atoms. The number of carbonyl (C=O) groups excluding carboxylic acids is 1. The minimum absolute atomic E-state index is 0.0917. The zero-order valence-electron chi connectivity index (χ0n) is 8.87. The summed E-state index contributed by atoms with van der Waals surface area (Å²) in [6.45, 7) is 2.12. The van der Waals surface area contributed by atoms with E-state index in [0.29, 0.717) is 30.2 Å². The van der Waals surface area contributed by atoms with Gasteiger partial charge < -0.3 is 16.0 Å². The molecule has 0 aromatic heterocycles. The van der Waals surface area contributed by atoms with Crippen molar-refractivity contribution >= 4 is 28.9 Å². The van der Waals surface area contributed by atoms with Crippen LogP contribution in [0.25, 0.3) is 0 Å². The fourth-order valence-corrected chi connectivity index (χ4v) is 2.10. The predicted octanol–water partition coefficient (Wildman–Crippen LogP) is 1.25. The number of anilines is 2. The number of carbonyl (C=O) groups is 1. The summed E-state index contributed by atoms with van der Waals surface area (Å²) in [5.41, 5.74) is 7.23. The maximum atomic E-state index is 11.2. The molecule has 1 fully saturated rings. The third-order valence-corrected chi connectivity index (χ3v) is 2.93. The third kappa shape index (κ3) is 2.39.